The van der Waals surface area contributed by atoms with Gasteiger partial charge in [0.2, 0.25) is 5.91 Å². The molecule has 5 nitrogen and oxygen atoms in total. The maximum atomic E-state index is 12.4. The van der Waals surface area contributed by atoms with Gasteiger partial charge in [-0.1, -0.05) is 12.1 Å². The minimum Gasteiger partial charge on any atom is -0.491 e. The number of nitrogens with one attached hydrogen (secondary N) is 1. The van der Waals surface area contributed by atoms with Gasteiger partial charge >= 0.3 is 0 Å². The van der Waals surface area contributed by atoms with Crippen LogP contribution >= 0.6 is 0 Å². The summed E-state index contributed by atoms with van der Waals surface area (Å²) in [5, 5.41) is 3.90. The smallest absolute Gasteiger partial charge is 0.228 e. The van der Waals surface area contributed by atoms with E-state index in [9.17, 15) is 4.79 Å². The average molecular weight is 353 g/mol. The van der Waals surface area contributed by atoms with Crippen molar-refractivity contribution >= 4 is 22.6 Å². The number of aryl methyl sites for hydroxylation is 2. The molecular weight excluding hydrogens is 330 g/mol. The number of methoxy groups -OCH3 is 1. The highest BCUT2D eigenvalue weighted by Gasteiger charge is 2.13. The molecule has 0 aliphatic rings. The quantitative estimate of drug-likeness (QED) is 0.645. The number of ether oxygens (including phenoxy) is 2. The molecule has 26 heavy (non-hydrogen) atoms. The van der Waals surface area contributed by atoms with Crippen LogP contribution in [0.25, 0.3) is 11.0 Å². The van der Waals surface area contributed by atoms with E-state index in [4.69, 9.17) is 13.9 Å². The first-order chi connectivity index (χ1) is 12.6. The minimum atomic E-state index is -0.0843. The Labute approximate surface area is 152 Å². The van der Waals surface area contributed by atoms with E-state index in [1.807, 2.05) is 44.2 Å². The van der Waals surface area contributed by atoms with Gasteiger partial charge in [0.1, 0.15) is 17.9 Å². The highest BCUT2D eigenvalue weighted by molar-refractivity contribution is 5.95. The molecule has 0 bridgehead atoms. The zero-order chi connectivity index (χ0) is 18.5. The monoisotopic (exact) mass is 353 g/mol. The van der Waals surface area contributed by atoms with Crippen molar-refractivity contribution < 1.29 is 18.7 Å². The highest BCUT2D eigenvalue weighted by Crippen LogP contribution is 2.27. The fraction of sp³-hybridized carbons (Fsp3) is 0.286. The van der Waals surface area contributed by atoms with Crippen LogP contribution in [-0.2, 0) is 16.0 Å². The normalized spacial score (nSPS) is 10.9. The molecule has 1 aromatic heterocycles. The molecule has 0 unspecified atom stereocenters. The molecule has 5 heteroatoms. The van der Waals surface area contributed by atoms with Crippen molar-refractivity contribution in [2.45, 2.75) is 20.3 Å². The summed E-state index contributed by atoms with van der Waals surface area (Å²) in [6, 6.07) is 11.4. The van der Waals surface area contributed by atoms with Crippen molar-refractivity contribution in [3.05, 3.63) is 59.4 Å². The topological polar surface area (TPSA) is 60.7 Å². The van der Waals surface area contributed by atoms with Crippen LogP contribution in [0.2, 0.25) is 0 Å². The van der Waals surface area contributed by atoms with Gasteiger partial charge in [-0.2, -0.15) is 0 Å². The third-order valence-corrected chi connectivity index (χ3v) is 4.39. The third kappa shape index (κ3) is 4.06. The number of amides is 1. The second kappa shape index (κ2) is 8.06. The molecule has 0 aliphatic heterocycles. The lowest BCUT2D eigenvalue weighted by Crippen LogP contribution is -2.14. The summed E-state index contributed by atoms with van der Waals surface area (Å²) >= 11 is 0. The molecule has 1 heterocycles. The molecule has 0 spiro atoms. The molecule has 3 rings (SSSR count). The number of carbonyl (C=O) groups is 1. The van der Waals surface area contributed by atoms with Crippen LogP contribution in [0.1, 0.15) is 16.7 Å². The van der Waals surface area contributed by atoms with Gasteiger partial charge in [-0.15, -0.1) is 0 Å². The Bertz CT molecular complexity index is 896. The largest absolute Gasteiger partial charge is 0.491 e. The van der Waals surface area contributed by atoms with Gasteiger partial charge in [0.25, 0.3) is 0 Å². The summed E-state index contributed by atoms with van der Waals surface area (Å²) < 4.78 is 16.1. The molecular formula is C21H23NO4. The number of anilines is 1. The SMILES string of the molecule is COCCOc1ccc(NC(=O)Cc2coc3c(C)c(C)ccc23)cc1. The van der Waals surface area contributed by atoms with E-state index < -0.39 is 0 Å². The lowest BCUT2D eigenvalue weighted by molar-refractivity contribution is -0.115. The minimum absolute atomic E-state index is 0.0843. The number of carbonyl (C=O) groups excluding carboxylic acids is 1. The lowest BCUT2D eigenvalue weighted by atomic mass is 10.0. The Morgan fingerprint density at radius 2 is 1.85 bits per heavy atom. The third-order valence-electron chi connectivity index (χ3n) is 4.39. The van der Waals surface area contributed by atoms with Crippen molar-refractivity contribution in [2.75, 3.05) is 25.6 Å². The van der Waals surface area contributed by atoms with Crippen LogP contribution in [0, 0.1) is 13.8 Å². The number of benzene rings is 2. The Kier molecular flexibility index (Phi) is 5.58. The molecule has 136 valence electrons. The standard InChI is InChI=1S/C21H23NO4/c1-14-4-9-19-16(13-26-21(19)15(14)2)12-20(23)22-17-5-7-18(8-6-17)25-11-10-24-3/h4-9,13H,10-12H2,1-3H3,(H,22,23). The predicted octanol–water partition coefficient (Wildman–Crippen LogP) is 4.26. The van der Waals surface area contributed by atoms with Crippen LogP contribution in [0.4, 0.5) is 5.69 Å². The molecule has 0 atom stereocenters. The highest BCUT2D eigenvalue weighted by atomic mass is 16.5. The molecule has 0 saturated carbocycles. The lowest BCUT2D eigenvalue weighted by Gasteiger charge is -2.08. The maximum absolute atomic E-state index is 12.4. The van der Waals surface area contributed by atoms with Crippen LogP contribution in [0.15, 0.2) is 47.1 Å². The molecule has 1 N–H and O–H groups in total. The van der Waals surface area contributed by atoms with Gasteiger partial charge in [-0.25, -0.2) is 0 Å². The summed E-state index contributed by atoms with van der Waals surface area (Å²) in [4.78, 5) is 12.4. The van der Waals surface area contributed by atoms with E-state index in [1.165, 1.54) is 5.56 Å². The Morgan fingerprint density at radius 3 is 2.58 bits per heavy atom. The van der Waals surface area contributed by atoms with Gasteiger partial charge in [0.05, 0.1) is 19.3 Å². The van der Waals surface area contributed by atoms with E-state index in [-0.39, 0.29) is 12.3 Å². The molecule has 0 fully saturated rings. The number of hydrogen-bond donors (Lipinski definition) is 1. The summed E-state index contributed by atoms with van der Waals surface area (Å²) in [6.07, 6.45) is 1.94. The van der Waals surface area contributed by atoms with Crippen LogP contribution in [0.5, 0.6) is 5.75 Å². The zero-order valence-electron chi connectivity index (χ0n) is 15.3. The number of hydrogen-bond acceptors (Lipinski definition) is 4. The van der Waals surface area contributed by atoms with Crippen LogP contribution in [-0.4, -0.2) is 26.2 Å². The number of rotatable bonds is 7. The summed E-state index contributed by atoms with van der Waals surface area (Å²) in [6.45, 7) is 5.11. The van der Waals surface area contributed by atoms with E-state index >= 15 is 0 Å². The Morgan fingerprint density at radius 1 is 1.08 bits per heavy atom. The molecule has 3 aromatic rings. The first kappa shape index (κ1) is 18.0. The second-order valence-corrected chi connectivity index (χ2v) is 6.24. The first-order valence-corrected chi connectivity index (χ1v) is 8.56. The second-order valence-electron chi connectivity index (χ2n) is 6.24. The predicted molar refractivity (Wildman–Crippen MR) is 102 cm³/mol. The van der Waals surface area contributed by atoms with Gasteiger partial charge in [-0.3, -0.25) is 4.79 Å². The average Bonchev–Trinajstić information content (AvgIpc) is 3.03. The van der Waals surface area contributed by atoms with Crippen LogP contribution in [0.3, 0.4) is 0 Å². The van der Waals surface area contributed by atoms with Gasteiger partial charge in [-0.05, 0) is 49.2 Å². The Hall–Kier alpha value is -2.79. The summed E-state index contributed by atoms with van der Waals surface area (Å²) in [7, 11) is 1.63. The van der Waals surface area contributed by atoms with Crippen molar-refractivity contribution in [3.8, 4) is 5.75 Å². The van der Waals surface area contributed by atoms with E-state index in [0.29, 0.717) is 13.2 Å². The summed E-state index contributed by atoms with van der Waals surface area (Å²) in [5.74, 6) is 0.658. The summed E-state index contributed by atoms with van der Waals surface area (Å²) in [5.41, 5.74) is 4.76. The zero-order valence-corrected chi connectivity index (χ0v) is 15.3. The van der Waals surface area contributed by atoms with Gasteiger partial charge in [0, 0.05) is 23.7 Å². The van der Waals surface area contributed by atoms with E-state index in [0.717, 1.165) is 33.5 Å². The Balaban J connectivity index is 1.63. The fourth-order valence-electron chi connectivity index (χ4n) is 2.78. The van der Waals surface area contributed by atoms with Crippen LogP contribution < -0.4 is 10.1 Å². The van der Waals surface area contributed by atoms with Crippen molar-refractivity contribution in [1.29, 1.82) is 0 Å². The number of furan rings is 1. The molecule has 0 aliphatic carbocycles. The molecule has 1 amide bonds. The molecule has 2 aromatic carbocycles. The first-order valence-electron chi connectivity index (χ1n) is 8.56. The molecule has 0 saturated heterocycles. The van der Waals surface area contributed by atoms with E-state index in [2.05, 4.69) is 11.4 Å². The number of fused-ring (bicyclic) bond motifs is 1. The maximum Gasteiger partial charge on any atom is 0.228 e. The van der Waals surface area contributed by atoms with E-state index in [1.54, 1.807) is 13.4 Å². The fourth-order valence-corrected chi connectivity index (χ4v) is 2.78. The van der Waals surface area contributed by atoms with Crippen molar-refractivity contribution in [1.82, 2.24) is 0 Å². The van der Waals surface area contributed by atoms with Crippen molar-refractivity contribution in [2.24, 2.45) is 0 Å². The van der Waals surface area contributed by atoms with Gasteiger partial charge < -0.3 is 19.2 Å². The van der Waals surface area contributed by atoms with Gasteiger partial charge in [0.15, 0.2) is 0 Å². The molecule has 0 radical (unpaired) electrons. The van der Waals surface area contributed by atoms with Crippen molar-refractivity contribution in [3.63, 3.8) is 0 Å².